The summed E-state index contributed by atoms with van der Waals surface area (Å²) in [7, 11) is 0. The lowest BCUT2D eigenvalue weighted by Gasteiger charge is -2.29. The smallest absolute Gasteiger partial charge is 0.119 e. The van der Waals surface area contributed by atoms with Gasteiger partial charge in [-0.05, 0) is 42.0 Å². The van der Waals surface area contributed by atoms with E-state index < -0.39 is 0 Å². The molecule has 3 rings (SSSR count). The molecular formula is C17H20N2O2. The fraction of sp³-hybridized carbons (Fsp3) is 0.294. The minimum atomic E-state index is 0.277. The van der Waals surface area contributed by atoms with Crippen LogP contribution in [0.3, 0.4) is 0 Å². The standard InChI is InChI=1S/C17H20N2O2/c20-16-5-1-14(2-6-16)13-21-17-7-3-15(4-8-17)19-11-9-18-10-12-19/h1-8,18,20H,9-13H2. The molecule has 0 bridgehead atoms. The number of aromatic hydroxyl groups is 1. The van der Waals surface area contributed by atoms with Gasteiger partial charge in [-0.2, -0.15) is 0 Å². The van der Waals surface area contributed by atoms with Crippen molar-refractivity contribution in [2.45, 2.75) is 6.61 Å². The molecule has 21 heavy (non-hydrogen) atoms. The van der Waals surface area contributed by atoms with Crippen LogP contribution in [-0.2, 0) is 6.61 Å². The molecule has 110 valence electrons. The van der Waals surface area contributed by atoms with Gasteiger partial charge >= 0.3 is 0 Å². The molecule has 1 heterocycles. The van der Waals surface area contributed by atoms with Crippen LogP contribution in [0.2, 0.25) is 0 Å². The van der Waals surface area contributed by atoms with Crippen molar-refractivity contribution in [2.24, 2.45) is 0 Å². The molecule has 0 aliphatic carbocycles. The van der Waals surface area contributed by atoms with E-state index in [-0.39, 0.29) is 5.75 Å². The number of hydrogen-bond donors (Lipinski definition) is 2. The molecule has 0 radical (unpaired) electrons. The number of ether oxygens (including phenoxy) is 1. The Morgan fingerprint density at radius 1 is 0.952 bits per heavy atom. The second kappa shape index (κ2) is 6.50. The van der Waals surface area contributed by atoms with Crippen LogP contribution in [0.15, 0.2) is 48.5 Å². The number of anilines is 1. The van der Waals surface area contributed by atoms with E-state index >= 15 is 0 Å². The Labute approximate surface area is 125 Å². The molecule has 1 saturated heterocycles. The molecule has 4 heteroatoms. The summed E-state index contributed by atoms with van der Waals surface area (Å²) in [4.78, 5) is 2.38. The van der Waals surface area contributed by atoms with Crippen LogP contribution >= 0.6 is 0 Å². The molecule has 0 saturated carbocycles. The van der Waals surface area contributed by atoms with Crippen molar-refractivity contribution in [3.05, 3.63) is 54.1 Å². The average molecular weight is 284 g/mol. The van der Waals surface area contributed by atoms with Gasteiger partial charge in [-0.1, -0.05) is 12.1 Å². The zero-order valence-corrected chi connectivity index (χ0v) is 12.0. The number of hydrogen-bond acceptors (Lipinski definition) is 4. The Balaban J connectivity index is 1.57. The van der Waals surface area contributed by atoms with Crippen LogP contribution in [0.5, 0.6) is 11.5 Å². The van der Waals surface area contributed by atoms with Gasteiger partial charge in [0.25, 0.3) is 0 Å². The first-order valence-electron chi connectivity index (χ1n) is 7.28. The SMILES string of the molecule is Oc1ccc(COc2ccc(N3CCNCC3)cc2)cc1. The topological polar surface area (TPSA) is 44.7 Å². The number of nitrogens with one attached hydrogen (secondary N) is 1. The normalized spacial score (nSPS) is 15.0. The number of phenols is 1. The predicted molar refractivity (Wildman–Crippen MR) is 84.0 cm³/mol. The van der Waals surface area contributed by atoms with Crippen LogP contribution in [-0.4, -0.2) is 31.3 Å². The molecule has 0 unspecified atom stereocenters. The first-order valence-corrected chi connectivity index (χ1v) is 7.28. The van der Waals surface area contributed by atoms with E-state index in [1.165, 1.54) is 5.69 Å². The molecule has 0 atom stereocenters. The zero-order valence-electron chi connectivity index (χ0n) is 12.0. The van der Waals surface area contributed by atoms with Crippen LogP contribution in [0.4, 0.5) is 5.69 Å². The second-order valence-electron chi connectivity index (χ2n) is 5.19. The van der Waals surface area contributed by atoms with Crippen LogP contribution in [0, 0.1) is 0 Å². The number of nitrogens with zero attached hydrogens (tertiary/aromatic N) is 1. The van der Waals surface area contributed by atoms with Crippen molar-refractivity contribution in [3.8, 4) is 11.5 Å². The van der Waals surface area contributed by atoms with Gasteiger partial charge in [0.1, 0.15) is 18.1 Å². The molecule has 0 spiro atoms. The van der Waals surface area contributed by atoms with Gasteiger partial charge in [-0.25, -0.2) is 0 Å². The lowest BCUT2D eigenvalue weighted by molar-refractivity contribution is 0.306. The van der Waals surface area contributed by atoms with Crippen molar-refractivity contribution in [3.63, 3.8) is 0 Å². The molecular weight excluding hydrogens is 264 g/mol. The molecule has 1 fully saturated rings. The fourth-order valence-corrected chi connectivity index (χ4v) is 2.44. The molecule has 2 aromatic rings. The summed E-state index contributed by atoms with van der Waals surface area (Å²) in [6.45, 7) is 4.69. The number of piperazine rings is 1. The summed E-state index contributed by atoms with van der Waals surface area (Å²) in [6.07, 6.45) is 0. The minimum absolute atomic E-state index is 0.277. The van der Waals surface area contributed by atoms with Gasteiger partial charge in [-0.15, -0.1) is 0 Å². The van der Waals surface area contributed by atoms with E-state index in [1.54, 1.807) is 12.1 Å². The van der Waals surface area contributed by atoms with Crippen molar-refractivity contribution >= 4 is 5.69 Å². The maximum atomic E-state index is 9.25. The van der Waals surface area contributed by atoms with Gasteiger partial charge in [0.2, 0.25) is 0 Å². The Hall–Kier alpha value is -2.20. The van der Waals surface area contributed by atoms with E-state index in [9.17, 15) is 5.11 Å². The first kappa shape index (κ1) is 13.8. The lowest BCUT2D eigenvalue weighted by Crippen LogP contribution is -2.43. The summed E-state index contributed by atoms with van der Waals surface area (Å²) < 4.78 is 5.76. The zero-order chi connectivity index (χ0) is 14.5. The highest BCUT2D eigenvalue weighted by atomic mass is 16.5. The van der Waals surface area contributed by atoms with Gasteiger partial charge in [-0.3, -0.25) is 0 Å². The molecule has 4 nitrogen and oxygen atoms in total. The van der Waals surface area contributed by atoms with Crippen LogP contribution < -0.4 is 15.0 Å². The fourth-order valence-electron chi connectivity index (χ4n) is 2.44. The second-order valence-corrected chi connectivity index (χ2v) is 5.19. The van der Waals surface area contributed by atoms with Crippen molar-refractivity contribution < 1.29 is 9.84 Å². The maximum absolute atomic E-state index is 9.25. The first-order chi connectivity index (χ1) is 10.3. The van der Waals surface area contributed by atoms with Crippen molar-refractivity contribution in [1.29, 1.82) is 0 Å². The van der Waals surface area contributed by atoms with E-state index in [0.717, 1.165) is 37.5 Å². The molecule has 1 aliphatic rings. The quantitative estimate of drug-likeness (QED) is 0.905. The molecule has 1 aliphatic heterocycles. The van der Waals surface area contributed by atoms with E-state index in [0.29, 0.717) is 6.61 Å². The highest BCUT2D eigenvalue weighted by Gasteiger charge is 2.09. The number of benzene rings is 2. The predicted octanol–water partition coefficient (Wildman–Crippen LogP) is 2.38. The third-order valence-corrected chi connectivity index (χ3v) is 3.66. The third kappa shape index (κ3) is 3.67. The molecule has 2 N–H and O–H groups in total. The van der Waals surface area contributed by atoms with E-state index in [2.05, 4.69) is 22.3 Å². The summed E-state index contributed by atoms with van der Waals surface area (Å²) in [6, 6.07) is 15.3. The molecule has 0 aromatic heterocycles. The van der Waals surface area contributed by atoms with Gasteiger partial charge < -0.3 is 20.1 Å². The minimum Gasteiger partial charge on any atom is -0.508 e. The maximum Gasteiger partial charge on any atom is 0.119 e. The molecule has 2 aromatic carbocycles. The van der Waals surface area contributed by atoms with Gasteiger partial charge in [0.05, 0.1) is 0 Å². The van der Waals surface area contributed by atoms with Gasteiger partial charge in [0.15, 0.2) is 0 Å². The Kier molecular flexibility index (Phi) is 4.26. The van der Waals surface area contributed by atoms with Crippen molar-refractivity contribution in [2.75, 3.05) is 31.1 Å². The van der Waals surface area contributed by atoms with Crippen molar-refractivity contribution in [1.82, 2.24) is 5.32 Å². The Morgan fingerprint density at radius 2 is 1.62 bits per heavy atom. The summed E-state index contributed by atoms with van der Waals surface area (Å²) in [5.74, 6) is 1.14. The molecule has 0 amide bonds. The number of phenolic OH excluding ortho intramolecular Hbond substituents is 1. The van der Waals surface area contributed by atoms with Crippen LogP contribution in [0.1, 0.15) is 5.56 Å². The summed E-state index contributed by atoms with van der Waals surface area (Å²) in [5.41, 5.74) is 2.28. The third-order valence-electron chi connectivity index (χ3n) is 3.66. The number of rotatable bonds is 4. The Bertz CT molecular complexity index is 560. The van der Waals surface area contributed by atoms with Gasteiger partial charge in [0, 0.05) is 31.9 Å². The highest BCUT2D eigenvalue weighted by molar-refractivity contribution is 5.49. The largest absolute Gasteiger partial charge is 0.508 e. The Morgan fingerprint density at radius 3 is 2.29 bits per heavy atom. The summed E-state index contributed by atoms with van der Waals surface area (Å²) >= 11 is 0. The average Bonchev–Trinajstić information content (AvgIpc) is 2.56. The van der Waals surface area contributed by atoms with E-state index in [1.807, 2.05) is 24.3 Å². The monoisotopic (exact) mass is 284 g/mol. The lowest BCUT2D eigenvalue weighted by atomic mass is 10.2. The van der Waals surface area contributed by atoms with E-state index in [4.69, 9.17) is 4.74 Å². The van der Waals surface area contributed by atoms with Crippen LogP contribution in [0.25, 0.3) is 0 Å². The highest BCUT2D eigenvalue weighted by Crippen LogP contribution is 2.21. The summed E-state index contributed by atoms with van der Waals surface area (Å²) in [5, 5.41) is 12.6.